The Hall–Kier alpha value is -1.62. The van der Waals surface area contributed by atoms with Gasteiger partial charge in [-0.15, -0.1) is 5.10 Å². The topological polar surface area (TPSA) is 85.7 Å². The van der Waals surface area contributed by atoms with E-state index in [9.17, 15) is 0 Å². The standard InChI is InChI=1S/C10H15ClN4O/c1-7-2-3-8(11)9(6-7)16-5-4-14-15-10(12)13/h2-3,6,14H,4-5H2,1H3,(H4,12,13,15). The van der Waals surface area contributed by atoms with Gasteiger partial charge in [0.25, 0.3) is 0 Å². The average Bonchev–Trinajstić information content (AvgIpc) is 2.22. The smallest absolute Gasteiger partial charge is 0.208 e. The molecule has 0 atom stereocenters. The molecule has 0 fully saturated rings. The van der Waals surface area contributed by atoms with Gasteiger partial charge in [-0.2, -0.15) is 0 Å². The lowest BCUT2D eigenvalue weighted by Gasteiger charge is -2.08. The first-order valence-corrected chi connectivity index (χ1v) is 5.18. The minimum Gasteiger partial charge on any atom is -0.490 e. The monoisotopic (exact) mass is 242 g/mol. The normalized spacial score (nSPS) is 9.62. The predicted molar refractivity (Wildman–Crippen MR) is 65.5 cm³/mol. The first kappa shape index (κ1) is 12.4. The van der Waals surface area contributed by atoms with Crippen molar-refractivity contribution in [2.45, 2.75) is 6.92 Å². The Morgan fingerprint density at radius 2 is 2.25 bits per heavy atom. The number of aryl methyl sites for hydroxylation is 1. The molecule has 0 aromatic heterocycles. The van der Waals surface area contributed by atoms with E-state index in [1.165, 1.54) is 0 Å². The summed E-state index contributed by atoms with van der Waals surface area (Å²) in [7, 11) is 0. The van der Waals surface area contributed by atoms with Gasteiger partial charge in [-0.05, 0) is 24.6 Å². The number of ether oxygens (including phenoxy) is 1. The molecule has 0 aliphatic rings. The highest BCUT2D eigenvalue weighted by Crippen LogP contribution is 2.24. The summed E-state index contributed by atoms with van der Waals surface area (Å²) in [5.74, 6) is 0.654. The molecule has 1 aromatic rings. The van der Waals surface area contributed by atoms with E-state index in [0.29, 0.717) is 23.9 Å². The molecule has 6 heteroatoms. The van der Waals surface area contributed by atoms with Crippen LogP contribution >= 0.6 is 11.6 Å². The van der Waals surface area contributed by atoms with Crippen molar-refractivity contribution in [2.75, 3.05) is 13.2 Å². The summed E-state index contributed by atoms with van der Waals surface area (Å²) in [6.07, 6.45) is 0. The van der Waals surface area contributed by atoms with Gasteiger partial charge in [-0.25, -0.2) is 0 Å². The van der Waals surface area contributed by atoms with Crippen LogP contribution in [-0.4, -0.2) is 19.1 Å². The number of hydrogen-bond donors (Lipinski definition) is 3. The second-order valence-corrected chi connectivity index (χ2v) is 3.63. The third kappa shape index (κ3) is 4.27. The zero-order valence-corrected chi connectivity index (χ0v) is 9.79. The van der Waals surface area contributed by atoms with Gasteiger partial charge in [0.05, 0.1) is 11.6 Å². The highest BCUT2D eigenvalue weighted by Gasteiger charge is 2.00. The van der Waals surface area contributed by atoms with E-state index in [2.05, 4.69) is 10.5 Å². The Morgan fingerprint density at radius 1 is 1.50 bits per heavy atom. The van der Waals surface area contributed by atoms with Crippen molar-refractivity contribution < 1.29 is 4.74 Å². The predicted octanol–water partition coefficient (Wildman–Crippen LogP) is 0.805. The van der Waals surface area contributed by atoms with Crippen molar-refractivity contribution in [3.63, 3.8) is 0 Å². The van der Waals surface area contributed by atoms with Gasteiger partial charge in [0.15, 0.2) is 0 Å². The lowest BCUT2D eigenvalue weighted by Crippen LogP contribution is -2.27. The molecule has 0 aliphatic carbocycles. The summed E-state index contributed by atoms with van der Waals surface area (Å²) in [5.41, 5.74) is 14.0. The first-order chi connectivity index (χ1) is 7.59. The van der Waals surface area contributed by atoms with Gasteiger partial charge in [-0.3, -0.25) is 0 Å². The SMILES string of the molecule is Cc1ccc(Cl)c(OCCNN=C(N)N)c1. The van der Waals surface area contributed by atoms with Crippen molar-refractivity contribution in [1.82, 2.24) is 5.43 Å². The Bertz CT molecular complexity index is 377. The molecule has 0 amide bonds. The lowest BCUT2D eigenvalue weighted by molar-refractivity contribution is 0.315. The fourth-order valence-corrected chi connectivity index (χ4v) is 1.25. The largest absolute Gasteiger partial charge is 0.490 e. The van der Waals surface area contributed by atoms with Crippen molar-refractivity contribution in [1.29, 1.82) is 0 Å². The van der Waals surface area contributed by atoms with Crippen molar-refractivity contribution in [2.24, 2.45) is 16.6 Å². The van der Waals surface area contributed by atoms with E-state index in [4.69, 9.17) is 27.8 Å². The molecule has 88 valence electrons. The van der Waals surface area contributed by atoms with Crippen LogP contribution in [0.1, 0.15) is 5.56 Å². The zero-order valence-electron chi connectivity index (χ0n) is 9.03. The summed E-state index contributed by atoms with van der Waals surface area (Å²) >= 11 is 5.95. The Kier molecular flexibility index (Phi) is 4.72. The Labute approximate surface area is 99.4 Å². The summed E-state index contributed by atoms with van der Waals surface area (Å²) in [6.45, 7) is 2.91. The Balaban J connectivity index is 2.37. The number of nitrogens with two attached hydrogens (primary N) is 2. The highest BCUT2D eigenvalue weighted by atomic mass is 35.5. The van der Waals surface area contributed by atoms with Crippen molar-refractivity contribution >= 4 is 17.6 Å². The molecule has 0 radical (unpaired) electrons. The molecule has 5 nitrogen and oxygen atoms in total. The second-order valence-electron chi connectivity index (χ2n) is 3.23. The molecule has 0 saturated heterocycles. The Morgan fingerprint density at radius 3 is 2.94 bits per heavy atom. The second kappa shape index (κ2) is 6.07. The molecule has 0 spiro atoms. The molecule has 16 heavy (non-hydrogen) atoms. The minimum atomic E-state index is -0.00594. The van der Waals surface area contributed by atoms with E-state index >= 15 is 0 Å². The van der Waals surface area contributed by atoms with Crippen LogP contribution in [0, 0.1) is 6.92 Å². The summed E-state index contributed by atoms with van der Waals surface area (Å²) in [5, 5.41) is 4.20. The molecule has 5 N–H and O–H groups in total. The molecule has 0 unspecified atom stereocenters. The van der Waals surface area contributed by atoms with Gasteiger partial charge < -0.3 is 21.6 Å². The minimum absolute atomic E-state index is 0.00594. The van der Waals surface area contributed by atoms with Crippen LogP contribution in [0.4, 0.5) is 0 Å². The highest BCUT2D eigenvalue weighted by molar-refractivity contribution is 6.32. The fourth-order valence-electron chi connectivity index (χ4n) is 1.08. The summed E-state index contributed by atoms with van der Waals surface area (Å²) < 4.78 is 5.45. The molecule has 0 aliphatic heterocycles. The van der Waals surface area contributed by atoms with Gasteiger partial charge in [0.2, 0.25) is 5.96 Å². The number of benzene rings is 1. The van der Waals surface area contributed by atoms with E-state index in [0.717, 1.165) is 5.56 Å². The third-order valence-corrected chi connectivity index (χ3v) is 2.08. The van der Waals surface area contributed by atoms with Crippen molar-refractivity contribution in [3.8, 4) is 5.75 Å². The molecule has 0 saturated carbocycles. The number of guanidine groups is 1. The van der Waals surface area contributed by atoms with Crippen LogP contribution in [-0.2, 0) is 0 Å². The quantitative estimate of drug-likeness (QED) is 0.309. The summed E-state index contributed by atoms with van der Waals surface area (Å²) in [4.78, 5) is 0. The van der Waals surface area contributed by atoms with Crippen LogP contribution in [0.15, 0.2) is 23.3 Å². The van der Waals surface area contributed by atoms with E-state index < -0.39 is 0 Å². The van der Waals surface area contributed by atoms with Crippen LogP contribution in [0.5, 0.6) is 5.75 Å². The molecular weight excluding hydrogens is 228 g/mol. The number of rotatable bonds is 5. The van der Waals surface area contributed by atoms with Gasteiger partial charge in [0.1, 0.15) is 12.4 Å². The van der Waals surface area contributed by atoms with E-state index in [1.54, 1.807) is 6.07 Å². The van der Waals surface area contributed by atoms with Crippen LogP contribution < -0.4 is 21.6 Å². The van der Waals surface area contributed by atoms with Gasteiger partial charge in [-0.1, -0.05) is 17.7 Å². The maximum atomic E-state index is 5.95. The van der Waals surface area contributed by atoms with Crippen molar-refractivity contribution in [3.05, 3.63) is 28.8 Å². The maximum absolute atomic E-state index is 5.95. The number of hydrazone groups is 1. The third-order valence-electron chi connectivity index (χ3n) is 1.77. The van der Waals surface area contributed by atoms with Crippen LogP contribution in [0.3, 0.4) is 0 Å². The first-order valence-electron chi connectivity index (χ1n) is 4.80. The molecule has 0 bridgehead atoms. The van der Waals surface area contributed by atoms with Gasteiger partial charge >= 0.3 is 0 Å². The average molecular weight is 243 g/mol. The molecule has 1 aromatic carbocycles. The fraction of sp³-hybridized carbons (Fsp3) is 0.300. The number of halogens is 1. The number of hydrogen-bond acceptors (Lipinski definition) is 3. The molecule has 1 rings (SSSR count). The molecule has 0 heterocycles. The summed E-state index contributed by atoms with van der Waals surface area (Å²) in [6, 6.07) is 5.60. The maximum Gasteiger partial charge on any atom is 0.208 e. The van der Waals surface area contributed by atoms with Crippen LogP contribution in [0.2, 0.25) is 5.02 Å². The zero-order chi connectivity index (χ0) is 12.0. The van der Waals surface area contributed by atoms with E-state index in [1.807, 2.05) is 19.1 Å². The number of nitrogens with zero attached hydrogens (tertiary/aromatic N) is 1. The van der Waals surface area contributed by atoms with Gasteiger partial charge in [0, 0.05) is 0 Å². The molecular formula is C10H15ClN4O. The number of nitrogens with one attached hydrogen (secondary N) is 1. The van der Waals surface area contributed by atoms with E-state index in [-0.39, 0.29) is 5.96 Å². The van der Waals surface area contributed by atoms with Crippen LogP contribution in [0.25, 0.3) is 0 Å². The lowest BCUT2D eigenvalue weighted by atomic mass is 10.2.